The van der Waals surface area contributed by atoms with Crippen LogP contribution in [0.5, 0.6) is 0 Å². The summed E-state index contributed by atoms with van der Waals surface area (Å²) in [6.07, 6.45) is 1.67. The van der Waals surface area contributed by atoms with E-state index >= 15 is 0 Å². The Morgan fingerprint density at radius 3 is 2.78 bits per heavy atom. The molecule has 0 saturated carbocycles. The largest absolute Gasteiger partial charge is 0.476 e. The lowest BCUT2D eigenvalue weighted by atomic mass is 10.1. The third-order valence-corrected chi connectivity index (χ3v) is 4.31. The molecule has 0 aliphatic heterocycles. The molecule has 7 heteroatoms. The van der Waals surface area contributed by atoms with E-state index in [1.54, 1.807) is 47.2 Å². The summed E-state index contributed by atoms with van der Waals surface area (Å²) in [7, 11) is 0. The van der Waals surface area contributed by atoms with Crippen LogP contribution in [0.1, 0.15) is 21.6 Å². The van der Waals surface area contributed by atoms with Crippen molar-refractivity contribution in [2.24, 2.45) is 0 Å². The number of rotatable bonds is 4. The molecule has 0 fully saturated rings. The van der Waals surface area contributed by atoms with Crippen molar-refractivity contribution in [1.82, 2.24) is 9.72 Å². The Labute approximate surface area is 152 Å². The first kappa shape index (κ1) is 16.5. The molecule has 132 valence electrons. The molecule has 4 rings (SSSR count). The third kappa shape index (κ3) is 2.93. The van der Waals surface area contributed by atoms with Crippen molar-refractivity contribution in [3.8, 4) is 17.4 Å². The van der Waals surface area contributed by atoms with Crippen LogP contribution < -0.4 is 0 Å². The monoisotopic (exact) mass is 361 g/mol. The molecular formula is C20H12FN3O3. The predicted molar refractivity (Wildman–Crippen MR) is 94.6 cm³/mol. The van der Waals surface area contributed by atoms with Gasteiger partial charge in [-0.25, -0.2) is 9.18 Å². The van der Waals surface area contributed by atoms with Crippen molar-refractivity contribution < 1.29 is 18.8 Å². The highest BCUT2D eigenvalue weighted by Gasteiger charge is 2.15. The van der Waals surface area contributed by atoms with Crippen LogP contribution in [0, 0.1) is 17.1 Å². The minimum absolute atomic E-state index is 0.192. The molecule has 2 aromatic heterocycles. The summed E-state index contributed by atoms with van der Waals surface area (Å²) < 4.78 is 20.9. The van der Waals surface area contributed by atoms with Gasteiger partial charge < -0.3 is 14.2 Å². The summed E-state index contributed by atoms with van der Waals surface area (Å²) in [4.78, 5) is 11.0. The maximum absolute atomic E-state index is 14.0. The number of nitriles is 1. The van der Waals surface area contributed by atoms with Gasteiger partial charge in [0.25, 0.3) is 0 Å². The first-order valence-corrected chi connectivity index (χ1v) is 8.03. The average Bonchev–Trinajstić information content (AvgIpc) is 3.29. The van der Waals surface area contributed by atoms with E-state index in [0.29, 0.717) is 27.8 Å². The number of nitrogens with zero attached hydrogens (tertiary/aromatic N) is 3. The lowest BCUT2D eigenvalue weighted by Gasteiger charge is -2.07. The minimum atomic E-state index is -1.18. The molecular weight excluding hydrogens is 349 g/mol. The highest BCUT2D eigenvalue weighted by atomic mass is 19.1. The fourth-order valence-corrected chi connectivity index (χ4v) is 2.99. The Balaban J connectivity index is 1.79. The molecule has 27 heavy (non-hydrogen) atoms. The second kappa shape index (κ2) is 6.42. The summed E-state index contributed by atoms with van der Waals surface area (Å²) in [6.45, 7) is 0.287. The van der Waals surface area contributed by atoms with Gasteiger partial charge in [-0.05, 0) is 24.3 Å². The van der Waals surface area contributed by atoms with E-state index in [9.17, 15) is 14.4 Å². The Morgan fingerprint density at radius 2 is 2.07 bits per heavy atom. The first-order chi connectivity index (χ1) is 13.1. The molecule has 0 aliphatic carbocycles. The van der Waals surface area contributed by atoms with E-state index in [2.05, 4.69) is 11.2 Å². The SMILES string of the molecule is N#Cc1cn(Cc2ccccc2F)c2ccc(-c3cc(C(=O)O)no3)cc12. The molecule has 4 aromatic rings. The first-order valence-electron chi connectivity index (χ1n) is 8.03. The average molecular weight is 361 g/mol. The normalized spacial score (nSPS) is 10.8. The minimum Gasteiger partial charge on any atom is -0.476 e. The Kier molecular flexibility index (Phi) is 3.94. The van der Waals surface area contributed by atoms with Gasteiger partial charge in [-0.3, -0.25) is 0 Å². The van der Waals surface area contributed by atoms with E-state index in [1.807, 2.05) is 0 Å². The molecule has 0 spiro atoms. The number of hydrogen-bond donors (Lipinski definition) is 1. The van der Waals surface area contributed by atoms with Crippen LogP contribution in [0.4, 0.5) is 4.39 Å². The number of carboxylic acid groups (broad SMARTS) is 1. The lowest BCUT2D eigenvalue weighted by Crippen LogP contribution is -2.00. The highest BCUT2D eigenvalue weighted by molar-refractivity contribution is 5.91. The molecule has 0 radical (unpaired) electrons. The summed E-state index contributed by atoms with van der Waals surface area (Å²) in [5.41, 5.74) is 2.12. The molecule has 2 aromatic carbocycles. The van der Waals surface area contributed by atoms with Crippen LogP contribution in [-0.4, -0.2) is 20.8 Å². The van der Waals surface area contributed by atoms with Gasteiger partial charge in [0.05, 0.1) is 12.1 Å². The van der Waals surface area contributed by atoms with Gasteiger partial charge in [-0.15, -0.1) is 0 Å². The molecule has 6 nitrogen and oxygen atoms in total. The number of aromatic nitrogens is 2. The summed E-state index contributed by atoms with van der Waals surface area (Å²) in [5.74, 6) is -1.20. The standard InChI is InChI=1S/C20H12FN3O3/c21-16-4-2-1-3-13(16)10-24-11-14(9-22)15-7-12(5-6-18(15)24)19-8-17(20(25)26)23-27-19/h1-8,11H,10H2,(H,25,26). The molecule has 0 atom stereocenters. The number of aromatic carboxylic acids is 1. The van der Waals surface area contributed by atoms with Crippen molar-refractivity contribution in [2.75, 3.05) is 0 Å². The summed E-state index contributed by atoms with van der Waals surface area (Å²) in [6, 6.07) is 15.2. The molecule has 1 N–H and O–H groups in total. The van der Waals surface area contributed by atoms with Gasteiger partial charge in [0.15, 0.2) is 11.5 Å². The molecule has 0 saturated heterocycles. The van der Waals surface area contributed by atoms with Crippen LogP contribution in [-0.2, 0) is 6.54 Å². The Bertz CT molecular complexity index is 1220. The zero-order valence-electron chi connectivity index (χ0n) is 13.9. The Hall–Kier alpha value is -3.92. The van der Waals surface area contributed by atoms with Crippen molar-refractivity contribution in [3.05, 3.63) is 77.4 Å². The van der Waals surface area contributed by atoms with Crippen molar-refractivity contribution in [1.29, 1.82) is 5.26 Å². The van der Waals surface area contributed by atoms with Crippen LogP contribution in [0.25, 0.3) is 22.2 Å². The lowest BCUT2D eigenvalue weighted by molar-refractivity contribution is 0.0686. The number of halogens is 1. The maximum atomic E-state index is 14.0. The number of fused-ring (bicyclic) bond motifs is 1. The van der Waals surface area contributed by atoms with Gasteiger partial charge in [-0.2, -0.15) is 5.26 Å². The summed E-state index contributed by atoms with van der Waals surface area (Å²) in [5, 5.41) is 22.6. The zero-order valence-corrected chi connectivity index (χ0v) is 13.9. The zero-order chi connectivity index (χ0) is 19.0. The smallest absolute Gasteiger partial charge is 0.358 e. The maximum Gasteiger partial charge on any atom is 0.358 e. The number of carbonyl (C=O) groups is 1. The van der Waals surface area contributed by atoms with Gasteiger partial charge in [0.1, 0.15) is 11.9 Å². The van der Waals surface area contributed by atoms with Crippen molar-refractivity contribution in [2.45, 2.75) is 6.54 Å². The number of carboxylic acids is 1. The van der Waals surface area contributed by atoms with Crippen LogP contribution >= 0.6 is 0 Å². The third-order valence-electron chi connectivity index (χ3n) is 4.31. The fourth-order valence-electron chi connectivity index (χ4n) is 2.99. The predicted octanol–water partition coefficient (Wildman–Crippen LogP) is 4.05. The van der Waals surface area contributed by atoms with E-state index in [-0.39, 0.29) is 18.1 Å². The molecule has 0 aliphatic rings. The van der Waals surface area contributed by atoms with Crippen molar-refractivity contribution in [3.63, 3.8) is 0 Å². The number of hydrogen-bond acceptors (Lipinski definition) is 4. The van der Waals surface area contributed by atoms with Gasteiger partial charge in [-0.1, -0.05) is 23.4 Å². The second-order valence-corrected chi connectivity index (χ2v) is 5.99. The molecule has 0 amide bonds. The number of benzene rings is 2. The second-order valence-electron chi connectivity index (χ2n) is 5.99. The van der Waals surface area contributed by atoms with Crippen molar-refractivity contribution >= 4 is 16.9 Å². The highest BCUT2D eigenvalue weighted by Crippen LogP contribution is 2.29. The van der Waals surface area contributed by atoms with Crippen LogP contribution in [0.2, 0.25) is 0 Å². The molecule has 0 bridgehead atoms. The van der Waals surface area contributed by atoms with E-state index < -0.39 is 5.97 Å². The van der Waals surface area contributed by atoms with E-state index in [4.69, 9.17) is 9.63 Å². The van der Waals surface area contributed by atoms with Gasteiger partial charge in [0, 0.05) is 34.3 Å². The van der Waals surface area contributed by atoms with E-state index in [1.165, 1.54) is 12.1 Å². The van der Waals surface area contributed by atoms with E-state index in [0.717, 1.165) is 5.52 Å². The molecule has 2 heterocycles. The quantitative estimate of drug-likeness (QED) is 0.592. The summed E-state index contributed by atoms with van der Waals surface area (Å²) >= 11 is 0. The van der Waals surface area contributed by atoms with Crippen LogP contribution in [0.3, 0.4) is 0 Å². The van der Waals surface area contributed by atoms with Gasteiger partial charge >= 0.3 is 5.97 Å². The molecule has 0 unspecified atom stereocenters. The topological polar surface area (TPSA) is 92.0 Å². The van der Waals surface area contributed by atoms with Crippen LogP contribution in [0.15, 0.2) is 59.3 Å². The Morgan fingerprint density at radius 1 is 1.26 bits per heavy atom. The fraction of sp³-hybridized carbons (Fsp3) is 0.0500. The van der Waals surface area contributed by atoms with Gasteiger partial charge in [0.2, 0.25) is 0 Å².